The Morgan fingerprint density at radius 1 is 1.41 bits per heavy atom. The average molecular weight is 371 g/mol. The first-order valence-electron chi connectivity index (χ1n) is 9.68. The van der Waals surface area contributed by atoms with Crippen molar-refractivity contribution < 1.29 is 13.9 Å². The zero-order chi connectivity index (χ0) is 19.2. The van der Waals surface area contributed by atoms with Gasteiger partial charge in [0.05, 0.1) is 13.7 Å². The fourth-order valence-corrected chi connectivity index (χ4v) is 2.96. The van der Waals surface area contributed by atoms with Crippen LogP contribution in [0.5, 0.6) is 5.75 Å². The molecule has 1 heterocycles. The third-order valence-electron chi connectivity index (χ3n) is 4.89. The van der Waals surface area contributed by atoms with Gasteiger partial charge < -0.3 is 14.5 Å². The molecule has 1 fully saturated rings. The average Bonchev–Trinajstić information content (AvgIpc) is 3.36. The lowest BCUT2D eigenvalue weighted by Crippen LogP contribution is -2.32. The van der Waals surface area contributed by atoms with Gasteiger partial charge in [-0.1, -0.05) is 19.1 Å². The van der Waals surface area contributed by atoms with Gasteiger partial charge in [0.25, 0.3) is 5.91 Å². The smallest absolute Gasteiger partial charge is 0.273 e. The lowest BCUT2D eigenvalue weighted by molar-refractivity contribution is 0.0934. The van der Waals surface area contributed by atoms with E-state index in [9.17, 15) is 4.79 Å². The van der Waals surface area contributed by atoms with Crippen molar-refractivity contribution in [3.63, 3.8) is 0 Å². The quantitative estimate of drug-likeness (QED) is 0.691. The molecular weight excluding hydrogens is 342 g/mol. The first kappa shape index (κ1) is 19.4. The van der Waals surface area contributed by atoms with E-state index in [1.165, 1.54) is 24.7 Å². The van der Waals surface area contributed by atoms with Gasteiger partial charge in [0.15, 0.2) is 5.69 Å². The fourth-order valence-electron chi connectivity index (χ4n) is 2.96. The van der Waals surface area contributed by atoms with Crippen molar-refractivity contribution >= 4 is 5.91 Å². The molecule has 6 heteroatoms. The highest BCUT2D eigenvalue weighted by molar-refractivity contribution is 5.92. The molecule has 2 aromatic rings. The van der Waals surface area contributed by atoms with E-state index in [2.05, 4.69) is 27.3 Å². The summed E-state index contributed by atoms with van der Waals surface area (Å²) in [6.45, 7) is 6.40. The number of hydrogen-bond donors (Lipinski definition) is 1. The lowest BCUT2D eigenvalue weighted by Gasteiger charge is -2.21. The number of rotatable bonds is 10. The summed E-state index contributed by atoms with van der Waals surface area (Å²) in [4.78, 5) is 18.9. The minimum atomic E-state index is -0.180. The maximum Gasteiger partial charge on any atom is 0.273 e. The lowest BCUT2D eigenvalue weighted by atomic mass is 10.2. The van der Waals surface area contributed by atoms with Crippen molar-refractivity contribution in [3.8, 4) is 5.75 Å². The van der Waals surface area contributed by atoms with E-state index in [4.69, 9.17) is 9.15 Å². The molecule has 1 saturated carbocycles. The van der Waals surface area contributed by atoms with Crippen LogP contribution in [-0.4, -0.2) is 35.5 Å². The molecule has 146 valence electrons. The topological polar surface area (TPSA) is 67.6 Å². The molecule has 27 heavy (non-hydrogen) atoms. The van der Waals surface area contributed by atoms with Gasteiger partial charge in [-0.15, -0.1) is 0 Å². The van der Waals surface area contributed by atoms with E-state index >= 15 is 0 Å². The van der Waals surface area contributed by atoms with Crippen LogP contribution < -0.4 is 10.1 Å². The first-order chi connectivity index (χ1) is 13.1. The number of amides is 1. The molecule has 1 atom stereocenters. The highest BCUT2D eigenvalue weighted by Crippen LogP contribution is 2.31. The van der Waals surface area contributed by atoms with Crippen molar-refractivity contribution in [1.29, 1.82) is 0 Å². The van der Waals surface area contributed by atoms with Crippen LogP contribution in [-0.2, 0) is 13.1 Å². The molecule has 0 bridgehead atoms. The Bertz CT molecular complexity index is 755. The normalized spacial score (nSPS) is 15.0. The minimum absolute atomic E-state index is 0.122. The molecule has 1 aliphatic carbocycles. The summed E-state index contributed by atoms with van der Waals surface area (Å²) >= 11 is 0. The van der Waals surface area contributed by atoms with E-state index in [0.717, 1.165) is 31.2 Å². The highest BCUT2D eigenvalue weighted by Gasteiger charge is 2.25. The molecule has 0 spiro atoms. The molecular formula is C21H29N3O3. The maximum absolute atomic E-state index is 12.2. The molecule has 1 unspecified atom stereocenters. The Morgan fingerprint density at radius 2 is 2.22 bits per heavy atom. The number of aromatic nitrogens is 1. The number of carbonyl (C=O) groups is 1. The number of methoxy groups -OCH3 is 1. The zero-order valence-electron chi connectivity index (χ0n) is 16.4. The summed E-state index contributed by atoms with van der Waals surface area (Å²) in [6.07, 6.45) is 4.89. The number of hydrogen-bond acceptors (Lipinski definition) is 5. The van der Waals surface area contributed by atoms with Crippen molar-refractivity contribution in [3.05, 3.63) is 47.7 Å². The molecule has 1 aliphatic rings. The van der Waals surface area contributed by atoms with Gasteiger partial charge in [-0.05, 0) is 49.8 Å². The van der Waals surface area contributed by atoms with Crippen molar-refractivity contribution in [1.82, 2.24) is 15.2 Å². The monoisotopic (exact) mass is 371 g/mol. The van der Waals surface area contributed by atoms with Gasteiger partial charge >= 0.3 is 0 Å². The summed E-state index contributed by atoms with van der Waals surface area (Å²) in [5, 5.41) is 2.92. The third kappa shape index (κ3) is 5.82. The number of carbonyl (C=O) groups excluding carboxylic acids is 1. The van der Waals surface area contributed by atoms with Crippen LogP contribution in [0.1, 0.15) is 55.1 Å². The molecule has 0 aliphatic heterocycles. The van der Waals surface area contributed by atoms with Gasteiger partial charge in [0, 0.05) is 19.1 Å². The first-order valence-corrected chi connectivity index (χ1v) is 9.68. The third-order valence-corrected chi connectivity index (χ3v) is 4.89. The summed E-state index contributed by atoms with van der Waals surface area (Å²) < 4.78 is 10.9. The molecule has 1 aromatic heterocycles. The second-order valence-corrected chi connectivity index (χ2v) is 7.37. The Kier molecular flexibility index (Phi) is 6.50. The molecule has 0 saturated heterocycles. The number of nitrogens with one attached hydrogen (secondary N) is 1. The molecule has 6 nitrogen and oxygen atoms in total. The zero-order valence-corrected chi connectivity index (χ0v) is 16.4. The van der Waals surface area contributed by atoms with E-state index in [1.54, 1.807) is 7.11 Å². The second kappa shape index (κ2) is 9.04. The van der Waals surface area contributed by atoms with Gasteiger partial charge in [0.1, 0.15) is 12.0 Å². The van der Waals surface area contributed by atoms with Gasteiger partial charge in [-0.2, -0.15) is 0 Å². The summed E-state index contributed by atoms with van der Waals surface area (Å²) in [5.41, 5.74) is 1.54. The van der Waals surface area contributed by atoms with E-state index in [1.807, 2.05) is 26.0 Å². The minimum Gasteiger partial charge on any atom is -0.497 e. The second-order valence-electron chi connectivity index (χ2n) is 7.37. The summed E-state index contributed by atoms with van der Waals surface area (Å²) in [6, 6.07) is 8.23. The standard InChI is InChI=1S/C21H29N3O3/c1-4-15(2)22-21(25)19-14-27-20(23-19)13-24(11-16-8-9-16)12-17-6-5-7-18(10-17)26-3/h5-7,10,14-16H,4,8-9,11-13H2,1-3H3,(H,22,25). The number of nitrogens with zero attached hydrogens (tertiary/aromatic N) is 2. The molecule has 3 rings (SSSR count). The summed E-state index contributed by atoms with van der Waals surface area (Å²) in [7, 11) is 1.68. The van der Waals surface area contributed by atoms with Crippen LogP contribution in [0.3, 0.4) is 0 Å². The fraction of sp³-hybridized carbons (Fsp3) is 0.524. The Balaban J connectivity index is 1.65. The highest BCUT2D eigenvalue weighted by atomic mass is 16.5. The number of ether oxygens (including phenoxy) is 1. The van der Waals surface area contributed by atoms with Crippen LogP contribution in [0.4, 0.5) is 0 Å². The van der Waals surface area contributed by atoms with Crippen molar-refractivity contribution in [2.24, 2.45) is 5.92 Å². The maximum atomic E-state index is 12.2. The van der Waals surface area contributed by atoms with Gasteiger partial charge in [-0.25, -0.2) is 4.98 Å². The summed E-state index contributed by atoms with van der Waals surface area (Å²) in [5.74, 6) is 2.01. The number of benzene rings is 1. The van der Waals surface area contributed by atoms with E-state index < -0.39 is 0 Å². The Labute approximate surface area is 160 Å². The van der Waals surface area contributed by atoms with E-state index in [-0.39, 0.29) is 11.9 Å². The predicted octanol–water partition coefficient (Wildman–Crippen LogP) is 3.62. The van der Waals surface area contributed by atoms with Gasteiger partial charge in [-0.3, -0.25) is 9.69 Å². The largest absolute Gasteiger partial charge is 0.497 e. The van der Waals surface area contributed by atoms with Gasteiger partial charge in [0.2, 0.25) is 5.89 Å². The molecule has 1 amide bonds. The van der Waals surface area contributed by atoms with Crippen molar-refractivity contribution in [2.75, 3.05) is 13.7 Å². The molecule has 0 radical (unpaired) electrons. The van der Waals surface area contributed by atoms with E-state index in [0.29, 0.717) is 18.1 Å². The van der Waals surface area contributed by atoms with Crippen LogP contribution in [0.25, 0.3) is 0 Å². The van der Waals surface area contributed by atoms with Crippen LogP contribution in [0.15, 0.2) is 34.9 Å². The Hall–Kier alpha value is -2.34. The number of oxazole rings is 1. The van der Waals surface area contributed by atoms with Crippen LogP contribution in [0.2, 0.25) is 0 Å². The van der Waals surface area contributed by atoms with Crippen molar-refractivity contribution in [2.45, 2.75) is 52.2 Å². The SMILES string of the molecule is CCC(C)NC(=O)c1coc(CN(Cc2cccc(OC)c2)CC2CC2)n1. The van der Waals surface area contributed by atoms with Crippen LogP contribution >= 0.6 is 0 Å². The Morgan fingerprint density at radius 3 is 2.93 bits per heavy atom. The predicted molar refractivity (Wildman–Crippen MR) is 104 cm³/mol. The van der Waals surface area contributed by atoms with Crippen LogP contribution in [0, 0.1) is 5.92 Å². The molecule has 1 N–H and O–H groups in total. The molecule has 1 aromatic carbocycles.